The molecule has 0 spiro atoms. The SMILES string of the molecule is CC/C=C\C/C=C\C/C=C\C/C=C\C/C=C\C/C=C\C/C=C\C/C=C\C/C=C\C/C=C\CCCCCCC(=O)NC(COP(=O)(O)OCC[N+](C)(C)C)C(O)/C=C/CCCCCCC. The summed E-state index contributed by atoms with van der Waals surface area (Å²) in [6.07, 6.45) is 68.5. The Kier molecular flexibility index (Phi) is 42.5. The predicted molar refractivity (Wildman–Crippen MR) is 276 cm³/mol. The van der Waals surface area contributed by atoms with Gasteiger partial charge in [-0.3, -0.25) is 13.8 Å². The summed E-state index contributed by atoms with van der Waals surface area (Å²) < 4.78 is 23.4. The van der Waals surface area contributed by atoms with Crippen molar-refractivity contribution in [3.8, 4) is 0 Å². The molecule has 64 heavy (non-hydrogen) atoms. The topological polar surface area (TPSA) is 105 Å². The Morgan fingerprint density at radius 2 is 0.938 bits per heavy atom. The van der Waals surface area contributed by atoms with E-state index < -0.39 is 20.0 Å². The van der Waals surface area contributed by atoms with Crippen LogP contribution in [0.15, 0.2) is 134 Å². The van der Waals surface area contributed by atoms with E-state index in [0.717, 1.165) is 116 Å². The number of rotatable bonds is 42. The van der Waals surface area contributed by atoms with Gasteiger partial charge in [0.15, 0.2) is 0 Å². The number of unbranched alkanes of at least 4 members (excludes halogenated alkanes) is 9. The van der Waals surface area contributed by atoms with Crippen molar-refractivity contribution in [1.29, 1.82) is 0 Å². The monoisotopic (exact) mass is 908 g/mol. The van der Waals surface area contributed by atoms with E-state index in [1.54, 1.807) is 6.08 Å². The van der Waals surface area contributed by atoms with Crippen molar-refractivity contribution in [3.05, 3.63) is 134 Å². The number of quaternary nitrogens is 1. The van der Waals surface area contributed by atoms with Gasteiger partial charge in [-0.25, -0.2) is 4.57 Å². The van der Waals surface area contributed by atoms with E-state index in [-0.39, 0.29) is 19.1 Å². The van der Waals surface area contributed by atoms with Gasteiger partial charge in [-0.05, 0) is 96.3 Å². The van der Waals surface area contributed by atoms with E-state index in [1.807, 2.05) is 27.2 Å². The smallest absolute Gasteiger partial charge is 0.387 e. The molecule has 0 aliphatic rings. The minimum Gasteiger partial charge on any atom is -0.387 e. The lowest BCUT2D eigenvalue weighted by Crippen LogP contribution is -2.45. The number of hydrogen-bond donors (Lipinski definition) is 3. The van der Waals surface area contributed by atoms with E-state index >= 15 is 0 Å². The third-order valence-corrected chi connectivity index (χ3v) is 10.9. The fraction of sp³-hybridized carbons (Fsp3) is 0.582. The van der Waals surface area contributed by atoms with E-state index in [1.165, 1.54) is 19.3 Å². The number of allylic oxidation sites excluding steroid dienone is 21. The van der Waals surface area contributed by atoms with Crippen molar-refractivity contribution in [2.45, 2.75) is 167 Å². The quantitative estimate of drug-likeness (QED) is 0.0244. The maximum absolute atomic E-state index is 12.8. The molecule has 0 aromatic rings. The lowest BCUT2D eigenvalue weighted by Gasteiger charge is -2.25. The zero-order valence-corrected chi connectivity index (χ0v) is 41.9. The number of likely N-dealkylation sites (N-methyl/N-ethyl adjacent to an activating group) is 1. The second kappa shape index (κ2) is 44.8. The van der Waals surface area contributed by atoms with Crippen molar-refractivity contribution in [1.82, 2.24) is 5.32 Å². The van der Waals surface area contributed by atoms with Crippen LogP contribution < -0.4 is 5.32 Å². The summed E-state index contributed by atoms with van der Waals surface area (Å²) in [6.45, 7) is 4.58. The summed E-state index contributed by atoms with van der Waals surface area (Å²) >= 11 is 0. The van der Waals surface area contributed by atoms with Crippen LogP contribution >= 0.6 is 7.82 Å². The number of amides is 1. The van der Waals surface area contributed by atoms with E-state index in [9.17, 15) is 19.4 Å². The maximum atomic E-state index is 12.8. The molecule has 0 aliphatic carbocycles. The molecule has 0 rings (SSSR count). The maximum Gasteiger partial charge on any atom is 0.472 e. The van der Waals surface area contributed by atoms with Crippen molar-refractivity contribution >= 4 is 13.7 Å². The number of carbonyl (C=O) groups is 1. The highest BCUT2D eigenvalue weighted by atomic mass is 31.2. The van der Waals surface area contributed by atoms with Gasteiger partial charge >= 0.3 is 7.82 Å². The van der Waals surface area contributed by atoms with Gasteiger partial charge in [-0.2, -0.15) is 0 Å². The molecule has 0 fully saturated rings. The molecule has 0 aliphatic heterocycles. The molecular formula is C55H92N2O6P+. The van der Waals surface area contributed by atoms with Gasteiger partial charge in [-0.1, -0.05) is 186 Å². The van der Waals surface area contributed by atoms with Crippen LogP contribution in [0.5, 0.6) is 0 Å². The minimum atomic E-state index is -4.35. The van der Waals surface area contributed by atoms with Gasteiger partial charge < -0.3 is 19.8 Å². The number of phosphoric ester groups is 1. The highest BCUT2D eigenvalue weighted by Gasteiger charge is 2.27. The van der Waals surface area contributed by atoms with Gasteiger partial charge in [0.1, 0.15) is 13.2 Å². The van der Waals surface area contributed by atoms with Crippen LogP contribution in [0.2, 0.25) is 0 Å². The molecule has 0 aromatic carbocycles. The van der Waals surface area contributed by atoms with Gasteiger partial charge in [0, 0.05) is 6.42 Å². The number of phosphoric acid groups is 1. The Hall–Kier alpha value is -3.36. The fourth-order valence-electron chi connectivity index (χ4n) is 6.01. The first-order chi connectivity index (χ1) is 31.0. The van der Waals surface area contributed by atoms with Crippen LogP contribution in [0, 0.1) is 0 Å². The number of hydrogen-bond acceptors (Lipinski definition) is 5. The Labute approximate surface area is 392 Å². The molecule has 0 saturated heterocycles. The zero-order chi connectivity index (χ0) is 47.1. The van der Waals surface area contributed by atoms with Gasteiger partial charge in [0.25, 0.3) is 0 Å². The summed E-state index contributed by atoms with van der Waals surface area (Å²) in [5.74, 6) is -0.214. The lowest BCUT2D eigenvalue weighted by atomic mass is 10.1. The number of nitrogens with zero attached hydrogens (tertiary/aromatic N) is 1. The van der Waals surface area contributed by atoms with Crippen LogP contribution in [0.1, 0.15) is 155 Å². The number of aliphatic hydroxyl groups excluding tert-OH is 1. The largest absolute Gasteiger partial charge is 0.472 e. The highest BCUT2D eigenvalue weighted by molar-refractivity contribution is 7.47. The second-order valence-corrected chi connectivity index (χ2v) is 18.6. The minimum absolute atomic E-state index is 0.0479. The van der Waals surface area contributed by atoms with Crippen LogP contribution in [0.3, 0.4) is 0 Å². The average Bonchev–Trinajstić information content (AvgIpc) is 3.25. The second-order valence-electron chi connectivity index (χ2n) is 17.1. The third-order valence-electron chi connectivity index (χ3n) is 9.88. The highest BCUT2D eigenvalue weighted by Crippen LogP contribution is 2.43. The van der Waals surface area contributed by atoms with Crippen LogP contribution in [-0.4, -0.2) is 73.4 Å². The van der Waals surface area contributed by atoms with Crippen molar-refractivity contribution < 1.29 is 32.9 Å². The standard InChI is InChI=1S/C55H91N2O6P/c1-6-8-10-12-14-15-16-17-18-19-20-21-22-23-24-25-26-27-28-29-30-31-32-33-34-35-36-37-38-39-40-41-43-45-47-49-55(59)56-53(54(58)48-46-44-42-13-11-9-7-2)52-63-64(60,61)62-51-50-57(3,4)5/h8,10,14-15,17-18,20-21,23-24,26-27,29-30,32-33,35-36,38-39,46,48,53-54,58H,6-7,9,11-13,16,19,22,25,28,31,34,37,40-45,47,49-52H2,1-5H3,(H-,56,59,60,61)/p+1/b10-8-,15-14-,18-17-,21-20-,24-23-,27-26-,30-29-,33-32-,36-35-,39-38-,48-46+. The molecule has 0 saturated carbocycles. The summed E-state index contributed by atoms with van der Waals surface area (Å²) in [5, 5.41) is 13.7. The van der Waals surface area contributed by atoms with Crippen LogP contribution in [0.4, 0.5) is 0 Å². The first-order valence-corrected chi connectivity index (χ1v) is 26.1. The average molecular weight is 908 g/mol. The zero-order valence-electron chi connectivity index (χ0n) is 41.0. The van der Waals surface area contributed by atoms with Crippen molar-refractivity contribution in [3.63, 3.8) is 0 Å². The lowest BCUT2D eigenvalue weighted by molar-refractivity contribution is -0.870. The molecule has 0 heterocycles. The van der Waals surface area contributed by atoms with Crippen LogP contribution in [0.25, 0.3) is 0 Å². The summed E-state index contributed by atoms with van der Waals surface area (Å²) in [6, 6.07) is -0.867. The molecule has 362 valence electrons. The molecule has 3 unspecified atom stereocenters. The molecule has 0 bridgehead atoms. The van der Waals surface area contributed by atoms with Crippen LogP contribution in [-0.2, 0) is 18.4 Å². The summed E-state index contributed by atoms with van der Waals surface area (Å²) in [4.78, 5) is 23.0. The Morgan fingerprint density at radius 1 is 0.547 bits per heavy atom. The first kappa shape index (κ1) is 60.6. The molecule has 0 aromatic heterocycles. The van der Waals surface area contributed by atoms with E-state index in [2.05, 4.69) is 141 Å². The Balaban J connectivity index is 4.17. The normalized spacial score (nSPS) is 15.3. The van der Waals surface area contributed by atoms with Gasteiger partial charge in [-0.15, -0.1) is 0 Å². The molecular weight excluding hydrogens is 816 g/mol. The predicted octanol–water partition coefficient (Wildman–Crippen LogP) is 14.4. The molecule has 8 nitrogen and oxygen atoms in total. The Morgan fingerprint density at radius 3 is 1.36 bits per heavy atom. The van der Waals surface area contributed by atoms with E-state index in [4.69, 9.17) is 9.05 Å². The molecule has 3 atom stereocenters. The fourth-order valence-corrected chi connectivity index (χ4v) is 6.74. The number of carbonyl (C=O) groups excluding carboxylic acids is 1. The molecule has 3 N–H and O–H groups in total. The van der Waals surface area contributed by atoms with Gasteiger partial charge in [0.05, 0.1) is 39.9 Å². The van der Waals surface area contributed by atoms with E-state index in [0.29, 0.717) is 17.4 Å². The molecule has 0 radical (unpaired) electrons. The first-order valence-electron chi connectivity index (χ1n) is 24.6. The van der Waals surface area contributed by atoms with Crippen molar-refractivity contribution in [2.24, 2.45) is 0 Å². The Bertz CT molecular complexity index is 1490. The summed E-state index contributed by atoms with van der Waals surface area (Å²) in [5.41, 5.74) is 0. The number of nitrogens with one attached hydrogen (secondary N) is 1. The third kappa shape index (κ3) is 46.6. The molecule has 1 amide bonds. The van der Waals surface area contributed by atoms with Gasteiger partial charge in [0.2, 0.25) is 5.91 Å². The number of aliphatic hydroxyl groups is 1. The van der Waals surface area contributed by atoms with Crippen molar-refractivity contribution in [2.75, 3.05) is 40.9 Å². The molecule has 9 heteroatoms. The summed E-state index contributed by atoms with van der Waals surface area (Å²) in [7, 11) is 1.52.